The summed E-state index contributed by atoms with van der Waals surface area (Å²) in [5, 5.41) is 4.33. The zero-order valence-corrected chi connectivity index (χ0v) is 11.9. The number of nitrogens with one attached hydrogen (secondary N) is 1. The van der Waals surface area contributed by atoms with Crippen LogP contribution in [0.3, 0.4) is 0 Å². The smallest absolute Gasteiger partial charge is 0.144 e. The van der Waals surface area contributed by atoms with Crippen molar-refractivity contribution in [2.45, 2.75) is 26.2 Å². The third kappa shape index (κ3) is 3.05. The SMILES string of the molecule is CC1(C(=O)Cc2ccc(Cl)c(Cl)c2)CCCNC1. The Balaban J connectivity index is 2.08. The fourth-order valence-corrected chi connectivity index (χ4v) is 2.66. The molecule has 1 unspecified atom stereocenters. The van der Waals surface area contributed by atoms with Crippen LogP contribution < -0.4 is 5.32 Å². The Hall–Kier alpha value is -0.570. The van der Waals surface area contributed by atoms with Crippen molar-refractivity contribution in [2.24, 2.45) is 5.41 Å². The van der Waals surface area contributed by atoms with Crippen molar-refractivity contribution in [3.63, 3.8) is 0 Å². The fraction of sp³-hybridized carbons (Fsp3) is 0.500. The standard InChI is InChI=1S/C14H17Cl2NO/c1-14(5-2-6-17-9-14)13(18)8-10-3-4-11(15)12(16)7-10/h3-4,7,17H,2,5-6,8-9H2,1H3. The lowest BCUT2D eigenvalue weighted by Gasteiger charge is -2.32. The molecule has 0 spiro atoms. The first kappa shape index (κ1) is 13.9. The number of halogens is 2. The number of carbonyl (C=O) groups excluding carboxylic acids is 1. The van der Waals surface area contributed by atoms with Gasteiger partial charge in [-0.25, -0.2) is 0 Å². The number of rotatable bonds is 3. The van der Waals surface area contributed by atoms with Crippen molar-refractivity contribution < 1.29 is 4.79 Å². The maximum atomic E-state index is 12.4. The predicted octanol–water partition coefficient (Wildman–Crippen LogP) is 3.49. The molecule has 1 atom stereocenters. The molecule has 0 radical (unpaired) electrons. The Morgan fingerprint density at radius 3 is 2.78 bits per heavy atom. The van der Waals surface area contributed by atoms with Crippen LogP contribution in [-0.4, -0.2) is 18.9 Å². The summed E-state index contributed by atoms with van der Waals surface area (Å²) in [5.41, 5.74) is 0.686. The molecular weight excluding hydrogens is 269 g/mol. The van der Waals surface area contributed by atoms with E-state index in [0.717, 1.165) is 31.5 Å². The van der Waals surface area contributed by atoms with E-state index >= 15 is 0 Å². The van der Waals surface area contributed by atoms with Crippen LogP contribution >= 0.6 is 23.2 Å². The Morgan fingerprint density at radius 2 is 2.17 bits per heavy atom. The first-order valence-electron chi connectivity index (χ1n) is 6.19. The van der Waals surface area contributed by atoms with Crippen LogP contribution in [0.4, 0.5) is 0 Å². The Labute approximate surface area is 118 Å². The van der Waals surface area contributed by atoms with Crippen LogP contribution in [-0.2, 0) is 11.2 Å². The minimum atomic E-state index is -0.246. The van der Waals surface area contributed by atoms with E-state index in [1.165, 1.54) is 0 Å². The highest BCUT2D eigenvalue weighted by Gasteiger charge is 2.33. The summed E-state index contributed by atoms with van der Waals surface area (Å²) in [6.45, 7) is 3.82. The molecule has 1 saturated heterocycles. The molecule has 1 aromatic rings. The Kier molecular flexibility index (Phi) is 4.31. The molecule has 0 aromatic heterocycles. The maximum absolute atomic E-state index is 12.4. The molecule has 0 saturated carbocycles. The molecule has 18 heavy (non-hydrogen) atoms. The van der Waals surface area contributed by atoms with Gasteiger partial charge < -0.3 is 5.32 Å². The van der Waals surface area contributed by atoms with Gasteiger partial charge in [0.2, 0.25) is 0 Å². The predicted molar refractivity (Wildman–Crippen MR) is 75.4 cm³/mol. The molecule has 98 valence electrons. The van der Waals surface area contributed by atoms with Gasteiger partial charge >= 0.3 is 0 Å². The van der Waals surface area contributed by atoms with E-state index in [2.05, 4.69) is 5.32 Å². The summed E-state index contributed by atoms with van der Waals surface area (Å²) in [6, 6.07) is 5.39. The summed E-state index contributed by atoms with van der Waals surface area (Å²) in [6.07, 6.45) is 2.44. The van der Waals surface area contributed by atoms with E-state index in [4.69, 9.17) is 23.2 Å². The van der Waals surface area contributed by atoms with Crippen LogP contribution in [0, 0.1) is 5.41 Å². The largest absolute Gasteiger partial charge is 0.316 e. The van der Waals surface area contributed by atoms with Crippen LogP contribution in [0.25, 0.3) is 0 Å². The normalized spacial score (nSPS) is 23.9. The van der Waals surface area contributed by atoms with Gasteiger partial charge in [0.25, 0.3) is 0 Å². The number of piperidine rings is 1. The summed E-state index contributed by atoms with van der Waals surface area (Å²) in [4.78, 5) is 12.4. The topological polar surface area (TPSA) is 29.1 Å². The average molecular weight is 286 g/mol. The van der Waals surface area contributed by atoms with Gasteiger partial charge in [-0.05, 0) is 37.1 Å². The van der Waals surface area contributed by atoms with Crippen LogP contribution in [0.1, 0.15) is 25.3 Å². The summed E-state index contributed by atoms with van der Waals surface area (Å²) in [5.74, 6) is 0.271. The molecule has 1 heterocycles. The lowest BCUT2D eigenvalue weighted by atomic mass is 9.77. The lowest BCUT2D eigenvalue weighted by Crippen LogP contribution is -2.44. The highest BCUT2D eigenvalue weighted by Crippen LogP contribution is 2.29. The summed E-state index contributed by atoms with van der Waals surface area (Å²) in [7, 11) is 0. The van der Waals surface area contributed by atoms with Crippen molar-refractivity contribution in [1.82, 2.24) is 5.32 Å². The molecule has 1 aliphatic rings. The third-order valence-electron chi connectivity index (χ3n) is 3.62. The molecule has 0 aliphatic carbocycles. The summed E-state index contributed by atoms with van der Waals surface area (Å²) < 4.78 is 0. The molecule has 1 aliphatic heterocycles. The van der Waals surface area contributed by atoms with E-state index in [0.29, 0.717) is 16.5 Å². The molecule has 0 bridgehead atoms. The van der Waals surface area contributed by atoms with Gasteiger partial charge in [-0.2, -0.15) is 0 Å². The minimum Gasteiger partial charge on any atom is -0.316 e. The average Bonchev–Trinajstić information content (AvgIpc) is 2.35. The van der Waals surface area contributed by atoms with Gasteiger partial charge in [-0.3, -0.25) is 4.79 Å². The molecule has 2 nitrogen and oxygen atoms in total. The second kappa shape index (κ2) is 5.60. The fourth-order valence-electron chi connectivity index (χ4n) is 2.34. The van der Waals surface area contributed by atoms with E-state index in [1.54, 1.807) is 12.1 Å². The number of hydrogen-bond acceptors (Lipinski definition) is 2. The molecular formula is C14H17Cl2NO. The van der Waals surface area contributed by atoms with Crippen molar-refractivity contribution in [2.75, 3.05) is 13.1 Å². The Bertz CT molecular complexity index is 453. The number of benzene rings is 1. The Morgan fingerprint density at radius 1 is 1.39 bits per heavy atom. The molecule has 4 heteroatoms. The van der Waals surface area contributed by atoms with Gasteiger partial charge in [0.15, 0.2) is 0 Å². The molecule has 1 N–H and O–H groups in total. The van der Waals surface area contributed by atoms with E-state index < -0.39 is 0 Å². The second-order valence-electron chi connectivity index (χ2n) is 5.19. The van der Waals surface area contributed by atoms with Crippen molar-refractivity contribution in [3.8, 4) is 0 Å². The zero-order chi connectivity index (χ0) is 13.2. The number of Topliss-reactive ketones (excluding diaryl/α,β-unsaturated/α-hetero) is 1. The summed E-state index contributed by atoms with van der Waals surface area (Å²) >= 11 is 11.8. The van der Waals surface area contributed by atoms with Crippen LogP contribution in [0.2, 0.25) is 10.0 Å². The van der Waals surface area contributed by atoms with E-state index in [1.807, 2.05) is 13.0 Å². The van der Waals surface area contributed by atoms with Gasteiger partial charge in [0, 0.05) is 18.4 Å². The highest BCUT2D eigenvalue weighted by molar-refractivity contribution is 6.42. The van der Waals surface area contributed by atoms with Crippen LogP contribution in [0.15, 0.2) is 18.2 Å². The molecule has 2 rings (SSSR count). The number of ketones is 1. The van der Waals surface area contributed by atoms with Crippen molar-refractivity contribution in [1.29, 1.82) is 0 Å². The quantitative estimate of drug-likeness (QED) is 0.921. The third-order valence-corrected chi connectivity index (χ3v) is 4.36. The lowest BCUT2D eigenvalue weighted by molar-refractivity contribution is -0.128. The van der Waals surface area contributed by atoms with E-state index in [9.17, 15) is 4.79 Å². The van der Waals surface area contributed by atoms with Crippen molar-refractivity contribution in [3.05, 3.63) is 33.8 Å². The number of hydrogen-bond donors (Lipinski definition) is 1. The molecule has 1 aromatic carbocycles. The van der Waals surface area contributed by atoms with Gasteiger partial charge in [0.1, 0.15) is 5.78 Å². The first-order chi connectivity index (χ1) is 8.51. The molecule has 1 fully saturated rings. The second-order valence-corrected chi connectivity index (χ2v) is 6.00. The van der Waals surface area contributed by atoms with E-state index in [-0.39, 0.29) is 11.2 Å². The minimum absolute atomic E-state index is 0.246. The van der Waals surface area contributed by atoms with Crippen molar-refractivity contribution >= 4 is 29.0 Å². The van der Waals surface area contributed by atoms with Gasteiger partial charge in [-0.1, -0.05) is 36.2 Å². The zero-order valence-electron chi connectivity index (χ0n) is 10.4. The number of carbonyl (C=O) groups is 1. The van der Waals surface area contributed by atoms with Gasteiger partial charge in [-0.15, -0.1) is 0 Å². The van der Waals surface area contributed by atoms with Crippen LogP contribution in [0.5, 0.6) is 0 Å². The maximum Gasteiger partial charge on any atom is 0.144 e. The monoisotopic (exact) mass is 285 g/mol. The molecule has 0 amide bonds. The highest BCUT2D eigenvalue weighted by atomic mass is 35.5. The first-order valence-corrected chi connectivity index (χ1v) is 6.95. The van der Waals surface area contributed by atoms with Gasteiger partial charge in [0.05, 0.1) is 10.0 Å².